The number of fused-ring (bicyclic) bond motifs is 2. The molecule has 3 aromatic rings. The van der Waals surface area contributed by atoms with Crippen LogP contribution in [0.4, 0.5) is 21.2 Å². The van der Waals surface area contributed by atoms with Crippen LogP contribution in [0.3, 0.4) is 0 Å². The molecule has 3 aromatic carbocycles. The van der Waals surface area contributed by atoms with Crippen LogP contribution < -0.4 is 9.80 Å². The van der Waals surface area contributed by atoms with Crippen LogP contribution in [-0.4, -0.2) is 67.6 Å². The van der Waals surface area contributed by atoms with Crippen molar-refractivity contribution in [3.63, 3.8) is 0 Å². The monoisotopic (exact) mass is 673 g/mol. The van der Waals surface area contributed by atoms with Crippen molar-refractivity contribution in [2.75, 3.05) is 23.0 Å². The molecule has 1 N–H and O–H groups in total. The molecular weight excluding hydrogens is 633 g/mol. The summed E-state index contributed by atoms with van der Waals surface area (Å²) in [4.78, 5) is 57.7. The maximum atomic E-state index is 16.5. The van der Waals surface area contributed by atoms with Crippen molar-refractivity contribution in [1.29, 1.82) is 0 Å². The summed E-state index contributed by atoms with van der Waals surface area (Å²) < 4.78 is 28.6. The van der Waals surface area contributed by atoms with Crippen molar-refractivity contribution in [2.24, 2.45) is 5.92 Å². The lowest BCUT2D eigenvalue weighted by Crippen LogP contribution is -2.55. The Morgan fingerprint density at radius 1 is 1.04 bits per heavy atom. The SMILES string of the molecule is CC(=O)OC1CC(=O)N1c1ccc2c(c1)[C@]1(O[C@@H](CC(=O)N(CCO)Cc3ccccc3)[C@H]([Si](C)(C)F)[C@H]1C)C(=O)N2c1ccccc1. The van der Waals surface area contributed by atoms with Crippen molar-refractivity contribution in [3.05, 3.63) is 90.0 Å². The first-order valence-corrected chi connectivity index (χ1v) is 19.1. The molecule has 2 saturated heterocycles. The van der Waals surface area contributed by atoms with Crippen molar-refractivity contribution in [1.82, 2.24) is 4.90 Å². The number of benzene rings is 3. The predicted molar refractivity (Wildman–Crippen MR) is 179 cm³/mol. The third kappa shape index (κ3) is 5.82. The molecule has 3 amide bonds. The van der Waals surface area contributed by atoms with E-state index < -0.39 is 49.7 Å². The number of amides is 3. The molecule has 1 spiro atoms. The number of aliphatic hydroxyl groups excluding tert-OH is 1. The number of carbonyl (C=O) groups excluding carboxylic acids is 4. The summed E-state index contributed by atoms with van der Waals surface area (Å²) in [5.74, 6) is -2.19. The van der Waals surface area contributed by atoms with Gasteiger partial charge in [0.1, 0.15) is 0 Å². The average Bonchev–Trinajstić information content (AvgIpc) is 3.47. The minimum Gasteiger partial charge on any atom is -0.441 e. The summed E-state index contributed by atoms with van der Waals surface area (Å²) in [6.45, 7) is 6.31. The van der Waals surface area contributed by atoms with Gasteiger partial charge in [-0.05, 0) is 49.0 Å². The number of hydrogen-bond acceptors (Lipinski definition) is 7. The Kier molecular flexibility index (Phi) is 9.01. The Labute approximate surface area is 280 Å². The smallest absolute Gasteiger partial charge is 0.304 e. The number of halogens is 1. The second kappa shape index (κ2) is 12.9. The highest BCUT2D eigenvalue weighted by Crippen LogP contribution is 2.61. The maximum Gasteiger partial charge on any atom is 0.304 e. The topological polar surface area (TPSA) is 117 Å². The van der Waals surface area contributed by atoms with Gasteiger partial charge in [-0.15, -0.1) is 0 Å². The number of rotatable bonds is 10. The summed E-state index contributed by atoms with van der Waals surface area (Å²) in [7, 11) is -3.60. The molecule has 0 aliphatic carbocycles. The molecule has 3 aliphatic heterocycles. The zero-order chi connectivity index (χ0) is 34.4. The summed E-state index contributed by atoms with van der Waals surface area (Å²) in [5, 5.41) is 9.79. The van der Waals surface area contributed by atoms with Crippen LogP contribution in [0.2, 0.25) is 18.6 Å². The van der Waals surface area contributed by atoms with E-state index in [1.807, 2.05) is 48.5 Å². The van der Waals surface area contributed by atoms with Gasteiger partial charge in [0.2, 0.25) is 20.2 Å². The van der Waals surface area contributed by atoms with Crippen molar-refractivity contribution in [3.8, 4) is 0 Å². The van der Waals surface area contributed by atoms with Crippen LogP contribution in [-0.2, 0) is 40.8 Å². The average molecular weight is 674 g/mol. The molecule has 10 nitrogen and oxygen atoms in total. The van der Waals surface area contributed by atoms with Crippen molar-refractivity contribution < 1.29 is 37.9 Å². The van der Waals surface area contributed by atoms with E-state index in [-0.39, 0.29) is 44.4 Å². The Morgan fingerprint density at radius 2 is 1.71 bits per heavy atom. The van der Waals surface area contributed by atoms with Crippen LogP contribution in [0.5, 0.6) is 0 Å². The number of β-lactam (4-membered cyclic amide) rings is 1. The van der Waals surface area contributed by atoms with Gasteiger partial charge >= 0.3 is 5.97 Å². The van der Waals surface area contributed by atoms with Crippen LogP contribution in [0.1, 0.15) is 37.8 Å². The number of nitrogens with zero attached hydrogens (tertiary/aromatic N) is 3. The second-order valence-corrected chi connectivity index (χ2v) is 17.0. The number of anilines is 3. The fourth-order valence-corrected chi connectivity index (χ4v) is 10.1. The Morgan fingerprint density at radius 3 is 2.31 bits per heavy atom. The first-order chi connectivity index (χ1) is 22.9. The predicted octanol–water partition coefficient (Wildman–Crippen LogP) is 5.18. The third-order valence-corrected chi connectivity index (χ3v) is 12.1. The maximum absolute atomic E-state index is 16.5. The second-order valence-electron chi connectivity index (χ2n) is 13.2. The van der Waals surface area contributed by atoms with Gasteiger partial charge in [0.15, 0.2) is 11.8 Å². The Balaban J connectivity index is 1.42. The third-order valence-electron chi connectivity index (χ3n) is 9.67. The number of hydrogen-bond donors (Lipinski definition) is 1. The minimum atomic E-state index is -3.60. The van der Waals surface area contributed by atoms with E-state index in [0.29, 0.717) is 22.6 Å². The molecule has 1 unspecified atom stereocenters. The van der Waals surface area contributed by atoms with E-state index in [1.165, 1.54) is 16.7 Å². The lowest BCUT2D eigenvalue weighted by atomic mass is 9.82. The molecule has 6 rings (SSSR count). The van der Waals surface area contributed by atoms with Gasteiger partial charge in [0.25, 0.3) is 5.91 Å². The van der Waals surface area contributed by atoms with Gasteiger partial charge in [-0.25, -0.2) is 0 Å². The number of ether oxygens (including phenoxy) is 2. The molecular formula is C36H40FN3O7Si. The highest BCUT2D eigenvalue weighted by molar-refractivity contribution is 6.72. The molecule has 0 bridgehead atoms. The lowest BCUT2D eigenvalue weighted by molar-refractivity contribution is -0.154. The summed E-state index contributed by atoms with van der Waals surface area (Å²) in [5.41, 5.74) is 0.452. The fourth-order valence-electron chi connectivity index (χ4n) is 7.64. The van der Waals surface area contributed by atoms with E-state index in [2.05, 4.69) is 0 Å². The molecule has 0 saturated carbocycles. The number of para-hydroxylation sites is 1. The largest absolute Gasteiger partial charge is 0.441 e. The number of aliphatic hydroxyl groups is 1. The van der Waals surface area contributed by atoms with E-state index in [9.17, 15) is 24.3 Å². The van der Waals surface area contributed by atoms with Crippen LogP contribution in [0.25, 0.3) is 0 Å². The quantitative estimate of drug-likeness (QED) is 0.137. The van der Waals surface area contributed by atoms with E-state index in [1.54, 1.807) is 55.2 Å². The molecule has 0 radical (unpaired) electrons. The van der Waals surface area contributed by atoms with Gasteiger partial charge in [-0.2, -0.15) is 0 Å². The van der Waals surface area contributed by atoms with E-state index >= 15 is 4.11 Å². The van der Waals surface area contributed by atoms with E-state index in [0.717, 1.165) is 5.56 Å². The zero-order valence-corrected chi connectivity index (χ0v) is 28.5. The summed E-state index contributed by atoms with van der Waals surface area (Å²) in [6.07, 6.45) is -1.88. The fraction of sp³-hybridized carbons (Fsp3) is 0.389. The molecule has 48 heavy (non-hydrogen) atoms. The van der Waals surface area contributed by atoms with Gasteiger partial charge in [0, 0.05) is 48.4 Å². The first-order valence-electron chi connectivity index (χ1n) is 16.2. The van der Waals surface area contributed by atoms with Crippen LogP contribution >= 0.6 is 0 Å². The van der Waals surface area contributed by atoms with Gasteiger partial charge in [0.05, 0.1) is 31.2 Å². The van der Waals surface area contributed by atoms with Crippen LogP contribution in [0.15, 0.2) is 78.9 Å². The van der Waals surface area contributed by atoms with Crippen molar-refractivity contribution in [2.45, 2.75) is 69.8 Å². The first kappa shape index (κ1) is 33.5. The highest BCUT2D eigenvalue weighted by atomic mass is 28.4. The summed E-state index contributed by atoms with van der Waals surface area (Å²) >= 11 is 0. The highest BCUT2D eigenvalue weighted by Gasteiger charge is 2.67. The van der Waals surface area contributed by atoms with Gasteiger partial charge in [-0.3, -0.25) is 29.0 Å². The van der Waals surface area contributed by atoms with Crippen molar-refractivity contribution >= 4 is 49.2 Å². The standard InChI is InChI=1S/C36H40FN3O7Si/c1-23-34(48(3,4)37)30(20-31(43)38(17-18-41)22-25-11-7-5-8-12-25)47-36(23)28-19-27(40-32(44)21-33(40)46-24(2)42)15-16-29(28)39(35(36)45)26-13-9-6-10-14-26/h5-16,19,23,30,33-34,41H,17-18,20-22H2,1-4H3/t23-,30+,33?,34-,36+/m1/s1. The normalized spacial score (nSPS) is 24.9. The molecule has 12 heteroatoms. The molecule has 3 aliphatic rings. The summed E-state index contributed by atoms with van der Waals surface area (Å²) in [6, 6.07) is 23.6. The molecule has 0 aromatic heterocycles. The van der Waals surface area contributed by atoms with Gasteiger partial charge < -0.3 is 23.6 Å². The number of esters is 1. The van der Waals surface area contributed by atoms with Crippen LogP contribution in [0, 0.1) is 5.92 Å². The minimum absolute atomic E-state index is 0.0327. The Hall–Kier alpha value is -4.39. The van der Waals surface area contributed by atoms with Gasteiger partial charge in [-0.1, -0.05) is 55.5 Å². The van der Waals surface area contributed by atoms with E-state index in [4.69, 9.17) is 9.47 Å². The molecule has 252 valence electrons. The Bertz CT molecular complexity index is 1720. The number of carbonyl (C=O) groups is 4. The molecule has 3 heterocycles. The molecule has 2 fully saturated rings. The lowest BCUT2D eigenvalue weighted by Gasteiger charge is -2.39. The zero-order valence-electron chi connectivity index (χ0n) is 27.5. The molecule has 5 atom stereocenters.